The highest BCUT2D eigenvalue weighted by molar-refractivity contribution is 6.35. The number of fused-ring (bicyclic) bond motifs is 1. The first-order chi connectivity index (χ1) is 10.6. The van der Waals surface area contributed by atoms with Gasteiger partial charge in [-0.1, -0.05) is 17.7 Å². The molecule has 0 bridgehead atoms. The summed E-state index contributed by atoms with van der Waals surface area (Å²) < 4.78 is 9.91. The lowest BCUT2D eigenvalue weighted by molar-refractivity contribution is -0.143. The van der Waals surface area contributed by atoms with Gasteiger partial charge in [0.05, 0.1) is 23.8 Å². The zero-order valence-corrected chi connectivity index (χ0v) is 13.3. The molecular formula is C16H18ClNO4. The molecule has 5 nitrogen and oxygen atoms in total. The Bertz CT molecular complexity index is 693. The van der Waals surface area contributed by atoms with Gasteiger partial charge in [0, 0.05) is 11.8 Å². The van der Waals surface area contributed by atoms with E-state index in [9.17, 15) is 9.59 Å². The van der Waals surface area contributed by atoms with Crippen LogP contribution >= 0.6 is 11.6 Å². The van der Waals surface area contributed by atoms with Crippen LogP contribution in [0.25, 0.3) is 10.9 Å². The highest BCUT2D eigenvalue weighted by atomic mass is 35.5. The largest absolute Gasteiger partial charge is 0.466 e. The minimum Gasteiger partial charge on any atom is -0.466 e. The van der Waals surface area contributed by atoms with Crippen LogP contribution in [0.2, 0.25) is 5.02 Å². The average molecular weight is 324 g/mol. The SMILES string of the molecule is CCOC(=O)CCc1ccc(Cl)c2[nH]c(C(=O)OCC)cc12. The second-order valence-corrected chi connectivity index (χ2v) is 5.11. The topological polar surface area (TPSA) is 68.4 Å². The molecule has 0 radical (unpaired) electrons. The van der Waals surface area contributed by atoms with Crippen molar-refractivity contribution < 1.29 is 19.1 Å². The number of aromatic amines is 1. The van der Waals surface area contributed by atoms with Crippen molar-refractivity contribution >= 4 is 34.4 Å². The van der Waals surface area contributed by atoms with Gasteiger partial charge in [0.2, 0.25) is 0 Å². The van der Waals surface area contributed by atoms with E-state index >= 15 is 0 Å². The normalized spacial score (nSPS) is 10.7. The molecule has 6 heteroatoms. The molecule has 1 aromatic carbocycles. The van der Waals surface area contributed by atoms with Crippen molar-refractivity contribution in [3.8, 4) is 0 Å². The van der Waals surface area contributed by atoms with Crippen molar-refractivity contribution in [3.63, 3.8) is 0 Å². The molecule has 0 atom stereocenters. The molecule has 0 aliphatic heterocycles. The van der Waals surface area contributed by atoms with E-state index in [1.54, 1.807) is 26.0 Å². The molecule has 2 rings (SSSR count). The number of H-pyrrole nitrogens is 1. The molecular weight excluding hydrogens is 306 g/mol. The number of hydrogen-bond acceptors (Lipinski definition) is 4. The van der Waals surface area contributed by atoms with Crippen molar-refractivity contribution in [2.75, 3.05) is 13.2 Å². The van der Waals surface area contributed by atoms with E-state index in [0.717, 1.165) is 10.9 Å². The smallest absolute Gasteiger partial charge is 0.354 e. The van der Waals surface area contributed by atoms with Crippen LogP contribution in [0, 0.1) is 0 Å². The molecule has 0 saturated carbocycles. The van der Waals surface area contributed by atoms with E-state index in [0.29, 0.717) is 35.9 Å². The summed E-state index contributed by atoms with van der Waals surface area (Å²) in [6.07, 6.45) is 0.803. The van der Waals surface area contributed by atoms with E-state index in [2.05, 4.69) is 4.98 Å². The molecule has 0 spiro atoms. The van der Waals surface area contributed by atoms with Gasteiger partial charge in [-0.25, -0.2) is 4.79 Å². The van der Waals surface area contributed by atoms with Crippen LogP contribution in [0.4, 0.5) is 0 Å². The molecule has 1 N–H and O–H groups in total. The van der Waals surface area contributed by atoms with Gasteiger partial charge in [-0.3, -0.25) is 4.79 Å². The maximum absolute atomic E-state index is 11.8. The van der Waals surface area contributed by atoms with Crippen molar-refractivity contribution in [1.29, 1.82) is 0 Å². The van der Waals surface area contributed by atoms with Crippen LogP contribution in [0.1, 0.15) is 36.3 Å². The fourth-order valence-electron chi connectivity index (χ4n) is 2.25. The number of aromatic nitrogens is 1. The summed E-state index contributed by atoms with van der Waals surface area (Å²) in [4.78, 5) is 26.3. The van der Waals surface area contributed by atoms with Crippen molar-refractivity contribution in [2.45, 2.75) is 26.7 Å². The molecule has 118 valence electrons. The summed E-state index contributed by atoms with van der Waals surface area (Å²) in [7, 11) is 0. The Hall–Kier alpha value is -2.01. The highest BCUT2D eigenvalue weighted by Gasteiger charge is 2.15. The van der Waals surface area contributed by atoms with Crippen molar-refractivity contribution in [1.82, 2.24) is 4.98 Å². The Kier molecular flexibility index (Phi) is 5.44. The number of esters is 2. The lowest BCUT2D eigenvalue weighted by Crippen LogP contribution is -2.05. The molecule has 0 aliphatic carbocycles. The Morgan fingerprint density at radius 1 is 1.18 bits per heavy atom. The molecule has 0 aliphatic rings. The second-order valence-electron chi connectivity index (χ2n) is 4.70. The van der Waals surface area contributed by atoms with Crippen LogP contribution in [0.5, 0.6) is 0 Å². The summed E-state index contributed by atoms with van der Waals surface area (Å²) in [5.41, 5.74) is 1.95. The summed E-state index contributed by atoms with van der Waals surface area (Å²) in [5, 5.41) is 1.34. The van der Waals surface area contributed by atoms with Crippen molar-refractivity contribution in [2.24, 2.45) is 0 Å². The van der Waals surface area contributed by atoms with E-state index in [1.165, 1.54) is 0 Å². The van der Waals surface area contributed by atoms with Crippen LogP contribution in [0.3, 0.4) is 0 Å². The molecule has 1 heterocycles. The maximum Gasteiger partial charge on any atom is 0.354 e. The number of halogens is 1. The predicted molar refractivity (Wildman–Crippen MR) is 84.2 cm³/mol. The maximum atomic E-state index is 11.8. The van der Waals surface area contributed by atoms with Gasteiger partial charge in [0.1, 0.15) is 5.69 Å². The molecule has 0 fully saturated rings. The van der Waals surface area contributed by atoms with Gasteiger partial charge in [-0.2, -0.15) is 0 Å². The average Bonchev–Trinajstić information content (AvgIpc) is 2.93. The lowest BCUT2D eigenvalue weighted by Gasteiger charge is -2.04. The van der Waals surface area contributed by atoms with Gasteiger partial charge in [-0.05, 0) is 38.0 Å². The fraction of sp³-hybridized carbons (Fsp3) is 0.375. The number of carbonyl (C=O) groups excluding carboxylic acids is 2. The summed E-state index contributed by atoms with van der Waals surface area (Å²) in [6, 6.07) is 5.31. The molecule has 1 aromatic heterocycles. The molecule has 0 unspecified atom stereocenters. The Morgan fingerprint density at radius 3 is 2.59 bits per heavy atom. The number of carbonyl (C=O) groups is 2. The summed E-state index contributed by atoms with van der Waals surface area (Å²) in [5.74, 6) is -0.669. The zero-order valence-electron chi connectivity index (χ0n) is 12.6. The zero-order chi connectivity index (χ0) is 16.1. The first kappa shape index (κ1) is 16.4. The monoisotopic (exact) mass is 323 g/mol. The standard InChI is InChI=1S/C16H18ClNO4/c1-3-21-14(19)8-6-10-5-7-12(17)15-11(10)9-13(18-15)16(20)22-4-2/h5,7,9,18H,3-4,6,8H2,1-2H3. The first-order valence-corrected chi connectivity index (χ1v) is 7.57. The summed E-state index contributed by atoms with van der Waals surface area (Å²) >= 11 is 6.16. The van der Waals surface area contributed by atoms with Crippen LogP contribution in [0.15, 0.2) is 18.2 Å². The Morgan fingerprint density at radius 2 is 1.91 bits per heavy atom. The van der Waals surface area contributed by atoms with Gasteiger partial charge >= 0.3 is 11.9 Å². The highest BCUT2D eigenvalue weighted by Crippen LogP contribution is 2.28. The van der Waals surface area contributed by atoms with E-state index in [1.807, 2.05) is 6.07 Å². The Labute approximate surface area is 133 Å². The van der Waals surface area contributed by atoms with Crippen LogP contribution in [-0.2, 0) is 20.7 Å². The third-order valence-corrected chi connectivity index (χ3v) is 3.55. The van der Waals surface area contributed by atoms with Gasteiger partial charge in [0.25, 0.3) is 0 Å². The minimum atomic E-state index is -0.425. The summed E-state index contributed by atoms with van der Waals surface area (Å²) in [6.45, 7) is 4.19. The van der Waals surface area contributed by atoms with Gasteiger partial charge in [-0.15, -0.1) is 0 Å². The fourth-order valence-corrected chi connectivity index (χ4v) is 2.46. The second kappa shape index (κ2) is 7.31. The number of nitrogens with one attached hydrogen (secondary N) is 1. The minimum absolute atomic E-state index is 0.244. The third kappa shape index (κ3) is 3.60. The van der Waals surface area contributed by atoms with E-state index in [-0.39, 0.29) is 12.4 Å². The van der Waals surface area contributed by atoms with E-state index in [4.69, 9.17) is 21.1 Å². The first-order valence-electron chi connectivity index (χ1n) is 7.19. The lowest BCUT2D eigenvalue weighted by atomic mass is 10.1. The number of benzene rings is 1. The van der Waals surface area contributed by atoms with E-state index < -0.39 is 5.97 Å². The number of rotatable bonds is 6. The number of ether oxygens (including phenoxy) is 2. The molecule has 0 amide bonds. The number of aryl methyl sites for hydroxylation is 1. The quantitative estimate of drug-likeness (QED) is 0.826. The molecule has 22 heavy (non-hydrogen) atoms. The van der Waals surface area contributed by atoms with Gasteiger partial charge < -0.3 is 14.5 Å². The predicted octanol–water partition coefficient (Wildman–Crippen LogP) is 3.49. The molecule has 0 saturated heterocycles. The van der Waals surface area contributed by atoms with Crippen molar-refractivity contribution in [3.05, 3.63) is 34.5 Å². The van der Waals surface area contributed by atoms with Crippen LogP contribution < -0.4 is 0 Å². The number of hydrogen-bond donors (Lipinski definition) is 1. The Balaban J connectivity index is 2.29. The third-order valence-electron chi connectivity index (χ3n) is 3.23. The van der Waals surface area contributed by atoms with Gasteiger partial charge in [0.15, 0.2) is 0 Å². The van der Waals surface area contributed by atoms with Crippen LogP contribution in [-0.4, -0.2) is 30.1 Å². The molecule has 2 aromatic rings.